The van der Waals surface area contributed by atoms with Crippen LogP contribution in [0.3, 0.4) is 0 Å². The zero-order valence-electron chi connectivity index (χ0n) is 12.2. The molecule has 0 N–H and O–H groups in total. The van der Waals surface area contributed by atoms with Crippen LogP contribution in [0.2, 0.25) is 0 Å². The Morgan fingerprint density at radius 1 is 1.25 bits per heavy atom. The van der Waals surface area contributed by atoms with Gasteiger partial charge < -0.3 is 18.9 Å². The fourth-order valence-electron chi connectivity index (χ4n) is 2.61. The van der Waals surface area contributed by atoms with E-state index >= 15 is 0 Å². The monoisotopic (exact) mass is 274 g/mol. The van der Waals surface area contributed by atoms with Gasteiger partial charge in [0.25, 0.3) is 0 Å². The Morgan fingerprint density at radius 2 is 2.05 bits per heavy atom. The molecular weight excluding hydrogens is 252 g/mol. The van der Waals surface area contributed by atoms with Crippen LogP contribution in [0.4, 0.5) is 0 Å². The molecule has 108 valence electrons. The van der Waals surface area contributed by atoms with Gasteiger partial charge in [0.2, 0.25) is 0 Å². The van der Waals surface area contributed by atoms with Crippen molar-refractivity contribution in [1.29, 1.82) is 0 Å². The van der Waals surface area contributed by atoms with Gasteiger partial charge in [-0.25, -0.2) is 4.98 Å². The number of nitrogens with zero attached hydrogens (tertiary/aromatic N) is 4. The van der Waals surface area contributed by atoms with Gasteiger partial charge in [-0.05, 0) is 13.1 Å². The third kappa shape index (κ3) is 2.94. The molecule has 0 aromatic carbocycles. The molecule has 1 aliphatic rings. The van der Waals surface area contributed by atoms with Crippen LogP contribution in [-0.2, 0) is 6.42 Å². The summed E-state index contributed by atoms with van der Waals surface area (Å²) in [5.74, 6) is 0.855. The van der Waals surface area contributed by atoms with Crippen LogP contribution in [-0.4, -0.2) is 66.1 Å². The fraction of sp³-hybridized carbons (Fsp3) is 0.533. The maximum absolute atomic E-state index is 5.23. The third-order valence-electron chi connectivity index (χ3n) is 4.00. The summed E-state index contributed by atoms with van der Waals surface area (Å²) in [6.07, 6.45) is 5.12. The Balaban J connectivity index is 1.62. The molecule has 2 aromatic heterocycles. The van der Waals surface area contributed by atoms with Gasteiger partial charge in [0.1, 0.15) is 11.4 Å². The summed E-state index contributed by atoms with van der Waals surface area (Å²) < 4.78 is 7.29. The molecular formula is C15H22N4O. The molecule has 0 atom stereocenters. The minimum absolute atomic E-state index is 0.855. The van der Waals surface area contributed by atoms with Crippen molar-refractivity contribution in [3.63, 3.8) is 0 Å². The maximum atomic E-state index is 5.23. The van der Waals surface area contributed by atoms with Gasteiger partial charge >= 0.3 is 0 Å². The fourth-order valence-corrected chi connectivity index (χ4v) is 2.61. The summed E-state index contributed by atoms with van der Waals surface area (Å²) in [5.41, 5.74) is 2.11. The van der Waals surface area contributed by atoms with Crippen molar-refractivity contribution in [1.82, 2.24) is 19.2 Å². The molecule has 0 unspecified atom stereocenters. The second-order valence-corrected chi connectivity index (χ2v) is 5.46. The Morgan fingerprint density at radius 3 is 2.80 bits per heavy atom. The van der Waals surface area contributed by atoms with Gasteiger partial charge in [-0.2, -0.15) is 0 Å². The lowest BCUT2D eigenvalue weighted by Gasteiger charge is -2.32. The van der Waals surface area contributed by atoms with E-state index in [9.17, 15) is 0 Å². The Labute approximate surface area is 119 Å². The molecule has 3 rings (SSSR count). The number of aromatic nitrogens is 2. The van der Waals surface area contributed by atoms with Crippen molar-refractivity contribution >= 4 is 5.65 Å². The van der Waals surface area contributed by atoms with E-state index < -0.39 is 0 Å². The minimum atomic E-state index is 0.855. The highest BCUT2D eigenvalue weighted by molar-refractivity contribution is 5.45. The number of piperazine rings is 1. The SMILES string of the molecule is COc1ccn2cc(CCN3CCN(C)CC3)nc2c1. The molecule has 2 aromatic rings. The average Bonchev–Trinajstić information content (AvgIpc) is 2.88. The number of hydrogen-bond donors (Lipinski definition) is 0. The number of fused-ring (bicyclic) bond motifs is 1. The Kier molecular flexibility index (Phi) is 3.89. The number of likely N-dealkylation sites (N-methyl/N-ethyl adjacent to an activating group) is 1. The second-order valence-electron chi connectivity index (χ2n) is 5.46. The van der Waals surface area contributed by atoms with Crippen molar-refractivity contribution < 1.29 is 4.74 Å². The van der Waals surface area contributed by atoms with E-state index in [1.165, 1.54) is 13.1 Å². The summed E-state index contributed by atoms with van der Waals surface area (Å²) in [4.78, 5) is 9.57. The number of rotatable bonds is 4. The first kappa shape index (κ1) is 13.4. The average molecular weight is 274 g/mol. The summed E-state index contributed by atoms with van der Waals surface area (Å²) in [6, 6.07) is 3.93. The highest BCUT2D eigenvalue weighted by Gasteiger charge is 2.13. The predicted molar refractivity (Wildman–Crippen MR) is 79.4 cm³/mol. The Bertz CT molecular complexity index is 572. The summed E-state index contributed by atoms with van der Waals surface area (Å²) in [5, 5.41) is 0. The van der Waals surface area contributed by atoms with E-state index in [2.05, 4.69) is 32.4 Å². The normalized spacial score (nSPS) is 17.7. The first-order valence-corrected chi connectivity index (χ1v) is 7.17. The smallest absolute Gasteiger partial charge is 0.140 e. The lowest BCUT2D eigenvalue weighted by Crippen LogP contribution is -2.45. The van der Waals surface area contributed by atoms with E-state index in [0.29, 0.717) is 0 Å². The van der Waals surface area contributed by atoms with E-state index in [-0.39, 0.29) is 0 Å². The van der Waals surface area contributed by atoms with E-state index in [1.54, 1.807) is 7.11 Å². The molecule has 20 heavy (non-hydrogen) atoms. The number of methoxy groups -OCH3 is 1. The first-order valence-electron chi connectivity index (χ1n) is 7.17. The summed E-state index contributed by atoms with van der Waals surface area (Å²) in [6.45, 7) is 5.76. The molecule has 5 nitrogen and oxygen atoms in total. The van der Waals surface area contributed by atoms with Gasteiger partial charge in [0.05, 0.1) is 12.8 Å². The molecule has 0 aliphatic carbocycles. The van der Waals surface area contributed by atoms with E-state index in [0.717, 1.165) is 43.1 Å². The van der Waals surface area contributed by atoms with Gasteiger partial charge in [0, 0.05) is 57.6 Å². The summed E-state index contributed by atoms with van der Waals surface area (Å²) in [7, 11) is 3.87. The molecule has 1 aliphatic heterocycles. The highest BCUT2D eigenvalue weighted by Crippen LogP contribution is 2.14. The minimum Gasteiger partial charge on any atom is -0.497 e. The maximum Gasteiger partial charge on any atom is 0.140 e. The lowest BCUT2D eigenvalue weighted by atomic mass is 10.2. The number of imidazole rings is 1. The molecule has 0 saturated carbocycles. The molecule has 0 radical (unpaired) electrons. The molecule has 3 heterocycles. The van der Waals surface area contributed by atoms with E-state index in [1.807, 2.05) is 18.3 Å². The van der Waals surface area contributed by atoms with Crippen LogP contribution < -0.4 is 4.74 Å². The van der Waals surface area contributed by atoms with Crippen LogP contribution in [0.1, 0.15) is 5.69 Å². The van der Waals surface area contributed by atoms with Crippen LogP contribution in [0.25, 0.3) is 5.65 Å². The van der Waals surface area contributed by atoms with Crippen molar-refractivity contribution in [2.75, 3.05) is 46.9 Å². The van der Waals surface area contributed by atoms with Crippen LogP contribution in [0.15, 0.2) is 24.5 Å². The number of pyridine rings is 1. The topological polar surface area (TPSA) is 33.0 Å². The van der Waals surface area contributed by atoms with Crippen LogP contribution in [0.5, 0.6) is 5.75 Å². The molecule has 0 amide bonds. The van der Waals surface area contributed by atoms with Gasteiger partial charge in [-0.15, -0.1) is 0 Å². The second kappa shape index (κ2) is 5.81. The zero-order chi connectivity index (χ0) is 13.9. The standard InChI is InChI=1S/C15H22N4O/c1-17-7-9-18(10-8-17)5-3-13-12-19-6-4-14(20-2)11-15(19)16-13/h4,6,11-12H,3,5,7-10H2,1-2H3. The van der Waals surface area contributed by atoms with Gasteiger partial charge in [0.15, 0.2) is 0 Å². The predicted octanol–water partition coefficient (Wildman–Crippen LogP) is 1.13. The first-order chi connectivity index (χ1) is 9.74. The lowest BCUT2D eigenvalue weighted by molar-refractivity contribution is 0.155. The Hall–Kier alpha value is -1.59. The number of ether oxygens (including phenoxy) is 1. The van der Waals surface area contributed by atoms with E-state index in [4.69, 9.17) is 4.74 Å². The van der Waals surface area contributed by atoms with Crippen LogP contribution in [0, 0.1) is 0 Å². The van der Waals surface area contributed by atoms with Crippen molar-refractivity contribution in [3.05, 3.63) is 30.2 Å². The number of hydrogen-bond acceptors (Lipinski definition) is 4. The molecule has 1 saturated heterocycles. The van der Waals surface area contributed by atoms with Crippen molar-refractivity contribution in [2.24, 2.45) is 0 Å². The zero-order valence-corrected chi connectivity index (χ0v) is 12.2. The third-order valence-corrected chi connectivity index (χ3v) is 4.00. The molecule has 5 heteroatoms. The largest absolute Gasteiger partial charge is 0.497 e. The molecule has 1 fully saturated rings. The molecule has 0 spiro atoms. The van der Waals surface area contributed by atoms with Crippen molar-refractivity contribution in [2.45, 2.75) is 6.42 Å². The highest BCUT2D eigenvalue weighted by atomic mass is 16.5. The van der Waals surface area contributed by atoms with Gasteiger partial charge in [-0.3, -0.25) is 0 Å². The quantitative estimate of drug-likeness (QED) is 0.837. The summed E-state index contributed by atoms with van der Waals surface area (Å²) >= 11 is 0. The molecule has 0 bridgehead atoms. The van der Waals surface area contributed by atoms with Crippen molar-refractivity contribution in [3.8, 4) is 5.75 Å². The van der Waals surface area contributed by atoms with Crippen LogP contribution >= 0.6 is 0 Å². The van der Waals surface area contributed by atoms with Gasteiger partial charge in [-0.1, -0.05) is 0 Å².